The third kappa shape index (κ3) is 32.9. The fourth-order valence-electron chi connectivity index (χ4n) is 4.83. The van der Waals surface area contributed by atoms with Crippen LogP contribution in [0.3, 0.4) is 0 Å². The van der Waals surface area contributed by atoms with Crippen molar-refractivity contribution < 1.29 is 38.5 Å². The fraction of sp³-hybridized carbons (Fsp3) is 0.829. The second-order valence-corrected chi connectivity index (χ2v) is 11.8. The van der Waals surface area contributed by atoms with Crippen molar-refractivity contribution in [3.05, 3.63) is 12.3 Å². The molecule has 0 heterocycles. The Bertz CT molecular complexity index is 781. The number of unbranched alkanes of at least 4 members (excludes halogenated alkanes) is 13. The van der Waals surface area contributed by atoms with Gasteiger partial charge in [0.25, 0.3) is 0 Å². The summed E-state index contributed by atoms with van der Waals surface area (Å²) in [6, 6.07) is -0.426. The largest absolute Gasteiger partial charge is 0.481 e. The minimum Gasteiger partial charge on any atom is -0.481 e. The van der Waals surface area contributed by atoms with E-state index in [1.54, 1.807) is 0 Å². The van der Waals surface area contributed by atoms with Crippen LogP contribution in [0, 0.1) is 0 Å². The van der Waals surface area contributed by atoms with Gasteiger partial charge in [0, 0.05) is 38.2 Å². The Morgan fingerprint density at radius 2 is 1.13 bits per heavy atom. The second-order valence-electron chi connectivity index (χ2n) is 11.8. The van der Waals surface area contributed by atoms with E-state index in [1.807, 2.05) is 6.92 Å². The first-order valence-corrected chi connectivity index (χ1v) is 17.8. The van der Waals surface area contributed by atoms with Crippen molar-refractivity contribution >= 4 is 24.1 Å². The molecule has 0 aliphatic rings. The second kappa shape index (κ2) is 33.9. The van der Waals surface area contributed by atoms with Gasteiger partial charge >= 0.3 is 5.97 Å². The number of carbonyl (C=O) groups is 4. The molecule has 0 aromatic rings. The molecular formula is C35H65N3O8. The Morgan fingerprint density at radius 3 is 1.65 bits per heavy atom. The van der Waals surface area contributed by atoms with Crippen molar-refractivity contribution in [2.45, 2.75) is 135 Å². The lowest BCUT2D eigenvalue weighted by molar-refractivity contribution is -0.137. The summed E-state index contributed by atoms with van der Waals surface area (Å²) in [5, 5.41) is 17.3. The Balaban J connectivity index is 3.56. The van der Waals surface area contributed by atoms with Crippen LogP contribution in [-0.2, 0) is 33.4 Å². The van der Waals surface area contributed by atoms with Gasteiger partial charge in [-0.3, -0.25) is 14.4 Å². The predicted molar refractivity (Wildman–Crippen MR) is 182 cm³/mol. The highest BCUT2D eigenvalue weighted by Crippen LogP contribution is 2.14. The lowest BCUT2D eigenvalue weighted by atomic mass is 10.0. The molecule has 4 N–H and O–H groups in total. The van der Waals surface area contributed by atoms with E-state index in [2.05, 4.69) is 22.5 Å². The zero-order valence-electron chi connectivity index (χ0n) is 28.8. The van der Waals surface area contributed by atoms with Crippen LogP contribution in [0.5, 0.6) is 0 Å². The zero-order chi connectivity index (χ0) is 33.9. The first-order valence-electron chi connectivity index (χ1n) is 17.8. The number of aliphatic carboxylic acids is 1. The summed E-state index contributed by atoms with van der Waals surface area (Å²) in [4.78, 5) is 45.7. The van der Waals surface area contributed by atoms with Crippen molar-refractivity contribution in [3.8, 4) is 0 Å². The van der Waals surface area contributed by atoms with E-state index < -0.39 is 12.0 Å². The van der Waals surface area contributed by atoms with Crippen molar-refractivity contribution in [2.24, 2.45) is 0 Å². The highest BCUT2D eigenvalue weighted by Gasteiger charge is 2.11. The maximum Gasteiger partial charge on any atom is 0.303 e. The van der Waals surface area contributed by atoms with Crippen LogP contribution in [0.2, 0.25) is 0 Å². The summed E-state index contributed by atoms with van der Waals surface area (Å²) < 4.78 is 16.0. The summed E-state index contributed by atoms with van der Waals surface area (Å²) >= 11 is 0. The first-order chi connectivity index (χ1) is 22.4. The summed E-state index contributed by atoms with van der Waals surface area (Å²) in [5.74, 6) is -1.02. The Labute approximate surface area is 278 Å². The molecule has 0 saturated heterocycles. The Kier molecular flexibility index (Phi) is 32.0. The number of carboxylic acids is 1. The first kappa shape index (κ1) is 43.5. The molecule has 0 aliphatic heterocycles. The van der Waals surface area contributed by atoms with Gasteiger partial charge in [0.1, 0.15) is 12.9 Å². The average molecular weight is 656 g/mol. The predicted octanol–water partition coefficient (Wildman–Crippen LogP) is 5.46. The molecule has 1 atom stereocenters. The number of ether oxygens (including phenoxy) is 3. The summed E-state index contributed by atoms with van der Waals surface area (Å²) in [5.41, 5.74) is 0.841. The minimum absolute atomic E-state index is 0.0315. The summed E-state index contributed by atoms with van der Waals surface area (Å²) in [7, 11) is 0. The molecule has 11 nitrogen and oxygen atoms in total. The molecule has 0 bridgehead atoms. The molecule has 46 heavy (non-hydrogen) atoms. The van der Waals surface area contributed by atoms with Gasteiger partial charge in [0.2, 0.25) is 11.8 Å². The SMILES string of the molecule is C=C(CCCCCCCCCCCCCCCCC(=O)O)NC(C=O)CCC(=O)NCCOCCOCC(=O)NCCOCCC. The number of nitrogens with one attached hydrogen (secondary N) is 3. The van der Waals surface area contributed by atoms with E-state index in [-0.39, 0.29) is 31.4 Å². The number of amides is 2. The van der Waals surface area contributed by atoms with Crippen LogP contribution >= 0.6 is 0 Å². The van der Waals surface area contributed by atoms with Gasteiger partial charge in [-0.2, -0.15) is 0 Å². The fourth-order valence-corrected chi connectivity index (χ4v) is 4.83. The minimum atomic E-state index is -0.689. The van der Waals surface area contributed by atoms with Gasteiger partial charge in [0.05, 0.1) is 32.5 Å². The van der Waals surface area contributed by atoms with Crippen LogP contribution < -0.4 is 16.0 Å². The van der Waals surface area contributed by atoms with E-state index in [9.17, 15) is 19.2 Å². The Morgan fingerprint density at radius 1 is 0.652 bits per heavy atom. The number of aldehydes is 1. The number of rotatable bonds is 36. The van der Waals surface area contributed by atoms with Crippen LogP contribution in [0.25, 0.3) is 0 Å². The highest BCUT2D eigenvalue weighted by molar-refractivity contribution is 5.77. The van der Waals surface area contributed by atoms with Gasteiger partial charge < -0.3 is 40.1 Å². The van der Waals surface area contributed by atoms with Crippen LogP contribution in [0.15, 0.2) is 12.3 Å². The molecule has 1 unspecified atom stereocenters. The molecule has 0 aromatic carbocycles. The maximum absolute atomic E-state index is 12.1. The molecule has 0 aliphatic carbocycles. The monoisotopic (exact) mass is 655 g/mol. The molecular weight excluding hydrogens is 590 g/mol. The number of hydrogen-bond acceptors (Lipinski definition) is 8. The molecule has 0 spiro atoms. The summed E-state index contributed by atoms with van der Waals surface area (Å²) in [6.07, 6.45) is 20.1. The number of hydrogen-bond donors (Lipinski definition) is 4. The molecule has 0 saturated carbocycles. The quantitative estimate of drug-likeness (QED) is 0.0510. The molecule has 0 fully saturated rings. The molecule has 268 valence electrons. The lowest BCUT2D eigenvalue weighted by Gasteiger charge is -2.16. The van der Waals surface area contributed by atoms with E-state index >= 15 is 0 Å². The maximum atomic E-state index is 12.1. The van der Waals surface area contributed by atoms with Crippen LogP contribution in [0.4, 0.5) is 0 Å². The van der Waals surface area contributed by atoms with Gasteiger partial charge in [-0.25, -0.2) is 0 Å². The van der Waals surface area contributed by atoms with Gasteiger partial charge in [0.15, 0.2) is 0 Å². The standard InChI is InChI=1S/C35H65N3O8/c1-3-24-44-25-23-37-34(41)30-46-28-27-45-26-22-36-33(40)21-20-32(29-39)38-31(2)18-16-14-12-10-8-6-4-5-7-9-11-13-15-17-19-35(42)43/h29,32,38H,2-28,30H2,1H3,(H,36,40)(H,37,41)(H,42,43). The number of carboxylic acid groups (broad SMARTS) is 1. The van der Waals surface area contributed by atoms with Crippen molar-refractivity contribution in [3.63, 3.8) is 0 Å². The van der Waals surface area contributed by atoms with Crippen LogP contribution in [-0.4, -0.2) is 87.9 Å². The van der Waals surface area contributed by atoms with Crippen LogP contribution in [0.1, 0.15) is 129 Å². The highest BCUT2D eigenvalue weighted by atomic mass is 16.5. The van der Waals surface area contributed by atoms with Crippen molar-refractivity contribution in [1.29, 1.82) is 0 Å². The topological polar surface area (TPSA) is 152 Å². The van der Waals surface area contributed by atoms with E-state index in [0.717, 1.165) is 56.9 Å². The third-order valence-corrected chi connectivity index (χ3v) is 7.45. The number of carbonyl (C=O) groups excluding carboxylic acids is 3. The Hall–Kier alpha value is -2.50. The van der Waals surface area contributed by atoms with Gasteiger partial charge in [-0.15, -0.1) is 0 Å². The van der Waals surface area contributed by atoms with Crippen molar-refractivity contribution in [1.82, 2.24) is 16.0 Å². The number of allylic oxidation sites excluding steroid dienone is 1. The van der Waals surface area contributed by atoms with E-state index in [1.165, 1.54) is 57.8 Å². The zero-order valence-corrected chi connectivity index (χ0v) is 28.8. The van der Waals surface area contributed by atoms with E-state index in [0.29, 0.717) is 52.4 Å². The normalized spacial score (nSPS) is 11.6. The molecule has 11 heteroatoms. The van der Waals surface area contributed by atoms with Gasteiger partial charge in [-0.05, 0) is 32.1 Å². The van der Waals surface area contributed by atoms with Gasteiger partial charge in [-0.1, -0.05) is 90.6 Å². The third-order valence-electron chi connectivity index (χ3n) is 7.45. The lowest BCUT2D eigenvalue weighted by Crippen LogP contribution is -2.33. The molecule has 2 amide bonds. The van der Waals surface area contributed by atoms with Crippen molar-refractivity contribution in [2.75, 3.05) is 52.7 Å². The summed E-state index contributed by atoms with van der Waals surface area (Å²) in [6.45, 7) is 8.99. The van der Waals surface area contributed by atoms with E-state index in [4.69, 9.17) is 19.3 Å². The smallest absolute Gasteiger partial charge is 0.303 e. The molecule has 0 rings (SSSR count). The average Bonchev–Trinajstić information content (AvgIpc) is 3.03. The molecule has 0 radical (unpaired) electrons. The molecule has 0 aromatic heterocycles.